The minimum absolute atomic E-state index is 0.109. The number of aliphatic carboxylic acids is 1. The Kier molecular flexibility index (Phi) is 6.61. The van der Waals surface area contributed by atoms with Gasteiger partial charge in [-0.15, -0.1) is 0 Å². The Morgan fingerprint density at radius 1 is 1.23 bits per heavy atom. The van der Waals surface area contributed by atoms with E-state index in [4.69, 9.17) is 21.5 Å². The maximum atomic E-state index is 14.2. The van der Waals surface area contributed by atoms with E-state index < -0.39 is 12.1 Å². The lowest BCUT2D eigenvalue weighted by atomic mass is 9.99. The topological polar surface area (TPSA) is 74.9 Å². The SMILES string of the molecule is O=C(O)C(F)(F)F.O=c1cc(CN2CCc3ccc(Cl)c(F)c3C2)nc2ccccn12. The number of fused-ring (bicyclic) bond motifs is 2. The van der Waals surface area contributed by atoms with Crippen molar-refractivity contribution in [2.45, 2.75) is 25.7 Å². The van der Waals surface area contributed by atoms with Crippen molar-refractivity contribution in [1.82, 2.24) is 14.3 Å². The Bertz CT molecular complexity index is 1180. The molecule has 1 aliphatic heterocycles. The highest BCUT2D eigenvalue weighted by atomic mass is 35.5. The Morgan fingerprint density at radius 2 is 1.94 bits per heavy atom. The Balaban J connectivity index is 0.000000339. The number of nitrogens with zero attached hydrogens (tertiary/aromatic N) is 3. The highest BCUT2D eigenvalue weighted by Crippen LogP contribution is 2.27. The molecule has 0 saturated carbocycles. The summed E-state index contributed by atoms with van der Waals surface area (Å²) in [6, 6.07) is 10.5. The van der Waals surface area contributed by atoms with Gasteiger partial charge in [0.15, 0.2) is 0 Å². The maximum absolute atomic E-state index is 14.2. The molecule has 1 aliphatic rings. The van der Waals surface area contributed by atoms with Crippen molar-refractivity contribution < 1.29 is 27.5 Å². The second kappa shape index (κ2) is 9.03. The van der Waals surface area contributed by atoms with Crippen LogP contribution >= 0.6 is 11.6 Å². The van der Waals surface area contributed by atoms with E-state index >= 15 is 0 Å². The van der Waals surface area contributed by atoms with E-state index in [-0.39, 0.29) is 16.4 Å². The summed E-state index contributed by atoms with van der Waals surface area (Å²) in [5.41, 5.74) is 2.84. The van der Waals surface area contributed by atoms with Gasteiger partial charge in [0.05, 0.1) is 10.7 Å². The molecular formula is C20H16ClF4N3O3. The van der Waals surface area contributed by atoms with Gasteiger partial charge in [0.2, 0.25) is 0 Å². The van der Waals surface area contributed by atoms with Crippen molar-refractivity contribution in [2.24, 2.45) is 0 Å². The molecule has 0 radical (unpaired) electrons. The monoisotopic (exact) mass is 457 g/mol. The zero-order valence-electron chi connectivity index (χ0n) is 15.9. The minimum atomic E-state index is -5.08. The molecule has 164 valence electrons. The van der Waals surface area contributed by atoms with Gasteiger partial charge in [0, 0.05) is 37.5 Å². The number of aromatic nitrogens is 2. The van der Waals surface area contributed by atoms with Gasteiger partial charge in [-0.25, -0.2) is 14.2 Å². The third kappa shape index (κ3) is 5.39. The van der Waals surface area contributed by atoms with Crippen molar-refractivity contribution in [1.29, 1.82) is 0 Å². The molecule has 0 saturated heterocycles. The van der Waals surface area contributed by atoms with Crippen LogP contribution in [0.5, 0.6) is 0 Å². The van der Waals surface area contributed by atoms with Crippen molar-refractivity contribution in [3.05, 3.63) is 80.6 Å². The number of hydrogen-bond donors (Lipinski definition) is 1. The number of alkyl halides is 3. The standard InChI is InChI=1S/C18H15ClFN3O.C2HF3O2/c19-15-5-4-12-6-8-22(11-14(12)18(15)20)10-13-9-17(24)23-7-2-1-3-16(23)21-13;3-2(4,5)1(6)7/h1-5,7,9H,6,8,10-11H2;(H,6,7). The molecule has 0 unspecified atom stereocenters. The van der Waals surface area contributed by atoms with Crippen LogP contribution in [0, 0.1) is 5.82 Å². The van der Waals surface area contributed by atoms with Crippen LogP contribution in [0.25, 0.3) is 5.65 Å². The molecule has 0 spiro atoms. The average Bonchev–Trinajstić information content (AvgIpc) is 2.71. The lowest BCUT2D eigenvalue weighted by Gasteiger charge is -2.28. The van der Waals surface area contributed by atoms with E-state index in [2.05, 4.69) is 9.88 Å². The molecule has 2 aromatic heterocycles. The van der Waals surface area contributed by atoms with Crippen LogP contribution in [0.15, 0.2) is 47.4 Å². The summed E-state index contributed by atoms with van der Waals surface area (Å²) in [4.78, 5) is 27.7. The summed E-state index contributed by atoms with van der Waals surface area (Å²) in [5.74, 6) is -3.10. The van der Waals surface area contributed by atoms with Gasteiger partial charge < -0.3 is 5.11 Å². The molecule has 3 aromatic rings. The van der Waals surface area contributed by atoms with Gasteiger partial charge in [0.25, 0.3) is 5.56 Å². The smallest absolute Gasteiger partial charge is 0.475 e. The first kappa shape index (κ1) is 22.7. The van der Waals surface area contributed by atoms with Gasteiger partial charge in [-0.2, -0.15) is 13.2 Å². The van der Waals surface area contributed by atoms with E-state index in [0.717, 1.165) is 18.5 Å². The van der Waals surface area contributed by atoms with Crippen LogP contribution < -0.4 is 5.56 Å². The molecule has 1 aromatic carbocycles. The third-order valence-corrected chi connectivity index (χ3v) is 4.92. The Labute approximate surface area is 178 Å². The van der Waals surface area contributed by atoms with E-state index in [1.54, 1.807) is 24.4 Å². The normalized spacial score (nSPS) is 14.0. The first-order valence-corrected chi connectivity index (χ1v) is 9.39. The highest BCUT2D eigenvalue weighted by molar-refractivity contribution is 6.30. The van der Waals surface area contributed by atoms with Gasteiger partial charge in [-0.1, -0.05) is 23.7 Å². The summed E-state index contributed by atoms with van der Waals surface area (Å²) >= 11 is 5.89. The number of carboxylic acid groups (broad SMARTS) is 1. The molecule has 0 amide bonds. The second-order valence-corrected chi connectivity index (χ2v) is 7.18. The fourth-order valence-electron chi connectivity index (χ4n) is 3.17. The minimum Gasteiger partial charge on any atom is -0.475 e. The predicted molar refractivity (Wildman–Crippen MR) is 104 cm³/mol. The van der Waals surface area contributed by atoms with E-state index in [1.165, 1.54) is 10.5 Å². The molecule has 31 heavy (non-hydrogen) atoms. The lowest BCUT2D eigenvalue weighted by molar-refractivity contribution is -0.192. The second-order valence-electron chi connectivity index (χ2n) is 6.78. The number of halogens is 5. The van der Waals surface area contributed by atoms with Gasteiger partial charge in [-0.05, 0) is 30.2 Å². The van der Waals surface area contributed by atoms with E-state index in [0.29, 0.717) is 30.0 Å². The Hall–Kier alpha value is -2.98. The maximum Gasteiger partial charge on any atom is 0.490 e. The van der Waals surface area contributed by atoms with Crippen LogP contribution in [0.3, 0.4) is 0 Å². The first-order chi connectivity index (χ1) is 14.6. The number of carboxylic acids is 1. The number of hydrogen-bond acceptors (Lipinski definition) is 4. The lowest BCUT2D eigenvalue weighted by Crippen LogP contribution is -2.31. The summed E-state index contributed by atoms with van der Waals surface area (Å²) in [6.45, 7) is 1.77. The average molecular weight is 458 g/mol. The molecule has 4 rings (SSSR count). The van der Waals surface area contributed by atoms with E-state index in [1.807, 2.05) is 12.1 Å². The summed E-state index contributed by atoms with van der Waals surface area (Å²) in [5, 5.41) is 7.28. The summed E-state index contributed by atoms with van der Waals surface area (Å²) in [6.07, 6.45) is -2.63. The van der Waals surface area contributed by atoms with Gasteiger partial charge in [-0.3, -0.25) is 14.1 Å². The highest BCUT2D eigenvalue weighted by Gasteiger charge is 2.38. The van der Waals surface area contributed by atoms with Crippen molar-refractivity contribution >= 4 is 23.2 Å². The van der Waals surface area contributed by atoms with Crippen molar-refractivity contribution in [2.75, 3.05) is 6.54 Å². The fourth-order valence-corrected chi connectivity index (χ4v) is 3.34. The van der Waals surface area contributed by atoms with Gasteiger partial charge >= 0.3 is 12.1 Å². The zero-order valence-corrected chi connectivity index (χ0v) is 16.6. The number of carbonyl (C=O) groups is 1. The largest absolute Gasteiger partial charge is 0.490 e. The number of benzene rings is 1. The van der Waals surface area contributed by atoms with Crippen molar-refractivity contribution in [3.63, 3.8) is 0 Å². The molecule has 0 bridgehead atoms. The van der Waals surface area contributed by atoms with Crippen LogP contribution in [-0.2, 0) is 24.3 Å². The van der Waals surface area contributed by atoms with Crippen LogP contribution in [0.2, 0.25) is 5.02 Å². The zero-order chi connectivity index (χ0) is 22.8. The van der Waals surface area contributed by atoms with Crippen LogP contribution in [0.1, 0.15) is 16.8 Å². The summed E-state index contributed by atoms with van der Waals surface area (Å²) in [7, 11) is 0. The number of rotatable bonds is 2. The molecule has 11 heteroatoms. The molecule has 0 fully saturated rings. The third-order valence-electron chi connectivity index (χ3n) is 4.62. The Morgan fingerprint density at radius 3 is 2.61 bits per heavy atom. The van der Waals surface area contributed by atoms with Gasteiger partial charge in [0.1, 0.15) is 11.5 Å². The molecule has 0 aliphatic carbocycles. The quantitative estimate of drug-likeness (QED) is 0.594. The number of pyridine rings is 1. The van der Waals surface area contributed by atoms with E-state index in [9.17, 15) is 22.4 Å². The fraction of sp³-hybridized carbons (Fsp3) is 0.250. The predicted octanol–water partition coefficient (Wildman–Crippen LogP) is 3.68. The molecule has 0 atom stereocenters. The van der Waals surface area contributed by atoms with Crippen molar-refractivity contribution in [3.8, 4) is 0 Å². The van der Waals surface area contributed by atoms with Crippen LogP contribution in [-0.4, -0.2) is 38.1 Å². The molecule has 1 N–H and O–H groups in total. The molecular weight excluding hydrogens is 442 g/mol. The summed E-state index contributed by atoms with van der Waals surface area (Å²) < 4.78 is 47.5. The molecule has 6 nitrogen and oxygen atoms in total. The first-order valence-electron chi connectivity index (χ1n) is 9.02. The molecule has 3 heterocycles. The van der Waals surface area contributed by atoms with Crippen LogP contribution in [0.4, 0.5) is 17.6 Å².